The minimum Gasteiger partial charge on any atom is -0.481 e. The normalized spacial score (nSPS) is 17.9. The van der Waals surface area contributed by atoms with E-state index in [1.165, 1.54) is 0 Å². The first-order chi connectivity index (χ1) is 10.9. The molecule has 23 heavy (non-hydrogen) atoms. The monoisotopic (exact) mass is 495 g/mol. The number of alkyl halides is 3. The van der Waals surface area contributed by atoms with Crippen molar-refractivity contribution in [1.29, 1.82) is 0 Å². The minimum atomic E-state index is -2.60. The predicted octanol–water partition coefficient (Wildman–Crippen LogP) is 4.10. The van der Waals surface area contributed by atoms with Crippen molar-refractivity contribution in [3.05, 3.63) is 34.3 Å². The van der Waals surface area contributed by atoms with Crippen molar-refractivity contribution in [2.45, 2.75) is 16.8 Å². The van der Waals surface area contributed by atoms with Gasteiger partial charge in [-0.3, -0.25) is 4.79 Å². The molecule has 122 valence electrons. The number of halogens is 4. The van der Waals surface area contributed by atoms with E-state index in [0.29, 0.717) is 27.9 Å². The summed E-state index contributed by atoms with van der Waals surface area (Å²) in [5.74, 6) is 2.63. The summed E-state index contributed by atoms with van der Waals surface area (Å²) < 4.78 is 31.3. The number of hydrogen-bond donors (Lipinski definition) is 0. The Morgan fingerprint density at radius 2 is 2.26 bits per heavy atom. The number of amides is 1. The van der Waals surface area contributed by atoms with Crippen LogP contribution in [0.2, 0.25) is 0 Å². The Kier molecular flexibility index (Phi) is 6.41. The van der Waals surface area contributed by atoms with Crippen molar-refractivity contribution < 1.29 is 18.3 Å². The molecule has 7 heteroatoms. The molecule has 1 aromatic rings. The molecule has 1 amide bonds. The zero-order valence-corrected chi connectivity index (χ0v) is 15.7. The van der Waals surface area contributed by atoms with E-state index in [0.717, 1.165) is 4.90 Å². The van der Waals surface area contributed by atoms with Crippen molar-refractivity contribution in [3.63, 3.8) is 0 Å². The summed E-state index contributed by atoms with van der Waals surface area (Å²) in [7, 11) is 0. The first-order valence-corrected chi connectivity index (χ1v) is 8.77. The van der Waals surface area contributed by atoms with Gasteiger partial charge < -0.3 is 9.64 Å². The van der Waals surface area contributed by atoms with Crippen LogP contribution in [0.3, 0.4) is 0 Å². The molecular formula is C16H13BrF2INO2. The number of allylic oxidation sites excluding steroid dienone is 1. The summed E-state index contributed by atoms with van der Waals surface area (Å²) in [6.07, 6.45) is 4.86. The molecule has 3 nitrogen and oxygen atoms in total. The van der Waals surface area contributed by atoms with Gasteiger partial charge in [-0.2, -0.15) is 0 Å². The van der Waals surface area contributed by atoms with Gasteiger partial charge in [-0.15, -0.1) is 6.42 Å². The largest absolute Gasteiger partial charge is 0.481 e. The first-order valence-electron chi connectivity index (χ1n) is 6.74. The first kappa shape index (κ1) is 18.2. The second-order valence-electron chi connectivity index (χ2n) is 4.77. The van der Waals surface area contributed by atoms with Gasteiger partial charge in [0.15, 0.2) is 0 Å². The van der Waals surface area contributed by atoms with Crippen LogP contribution in [0.5, 0.6) is 5.75 Å². The van der Waals surface area contributed by atoms with Crippen LogP contribution in [0.4, 0.5) is 8.78 Å². The molecule has 0 saturated carbocycles. The Bertz CT molecular complexity index is 673. The van der Waals surface area contributed by atoms with Gasteiger partial charge in [0.2, 0.25) is 5.91 Å². The van der Waals surface area contributed by atoms with E-state index >= 15 is 0 Å². The van der Waals surface area contributed by atoms with Crippen LogP contribution in [0, 0.1) is 12.3 Å². The zero-order chi connectivity index (χ0) is 17.0. The number of rotatable bonds is 5. The maximum absolute atomic E-state index is 12.8. The lowest BCUT2D eigenvalue weighted by molar-refractivity contribution is -0.128. The number of hydrogen-bond acceptors (Lipinski definition) is 2. The smallest absolute Gasteiger partial charge is 0.256 e. The molecule has 1 atom stereocenters. The van der Waals surface area contributed by atoms with Crippen LogP contribution in [0.15, 0.2) is 28.7 Å². The lowest BCUT2D eigenvalue weighted by Crippen LogP contribution is -2.40. The molecular weight excluding hydrogens is 483 g/mol. The SMILES string of the molecule is C#CCOc1ccc(C2=CCC(I)C(=O)N2CC(F)F)c(Br)c1. The Morgan fingerprint density at radius 1 is 1.52 bits per heavy atom. The number of carbonyl (C=O) groups excluding carboxylic acids is 1. The van der Waals surface area contributed by atoms with Gasteiger partial charge in [0.05, 0.1) is 10.5 Å². The number of nitrogens with zero attached hydrogens (tertiary/aromatic N) is 1. The Labute approximate surface area is 155 Å². The Morgan fingerprint density at radius 3 is 2.87 bits per heavy atom. The van der Waals surface area contributed by atoms with Gasteiger partial charge >= 0.3 is 0 Å². The van der Waals surface area contributed by atoms with Gasteiger partial charge in [-0.1, -0.05) is 34.6 Å². The van der Waals surface area contributed by atoms with Crippen LogP contribution in [0.25, 0.3) is 5.70 Å². The molecule has 1 unspecified atom stereocenters. The fourth-order valence-electron chi connectivity index (χ4n) is 2.21. The van der Waals surface area contributed by atoms with Gasteiger partial charge in [0, 0.05) is 15.7 Å². The van der Waals surface area contributed by atoms with Crippen molar-refractivity contribution in [2.24, 2.45) is 0 Å². The van der Waals surface area contributed by atoms with Gasteiger partial charge in [-0.25, -0.2) is 8.78 Å². The average molecular weight is 496 g/mol. The maximum atomic E-state index is 12.8. The molecule has 1 aliphatic heterocycles. The molecule has 0 spiro atoms. The summed E-state index contributed by atoms with van der Waals surface area (Å²) in [6.45, 7) is -0.479. The lowest BCUT2D eigenvalue weighted by Gasteiger charge is -2.31. The number of terminal acetylenes is 1. The minimum absolute atomic E-state index is 0.140. The molecule has 1 heterocycles. The Hall–Kier alpha value is -1.14. The van der Waals surface area contributed by atoms with E-state index in [-0.39, 0.29) is 16.4 Å². The van der Waals surface area contributed by atoms with Crippen molar-refractivity contribution in [3.8, 4) is 18.1 Å². The van der Waals surface area contributed by atoms with E-state index in [2.05, 4.69) is 21.9 Å². The van der Waals surface area contributed by atoms with Crippen molar-refractivity contribution >= 4 is 50.1 Å². The van der Waals surface area contributed by atoms with Crippen LogP contribution in [0.1, 0.15) is 12.0 Å². The van der Waals surface area contributed by atoms with E-state index in [1.807, 2.05) is 28.7 Å². The second kappa shape index (κ2) is 8.11. The number of ether oxygens (including phenoxy) is 1. The molecule has 2 rings (SSSR count). The van der Waals surface area contributed by atoms with Gasteiger partial charge in [-0.05, 0) is 40.5 Å². The topological polar surface area (TPSA) is 29.5 Å². The quantitative estimate of drug-likeness (QED) is 0.349. The van der Waals surface area contributed by atoms with Crippen molar-refractivity contribution in [1.82, 2.24) is 4.90 Å². The summed E-state index contributed by atoms with van der Waals surface area (Å²) in [4.78, 5) is 13.4. The molecule has 0 fully saturated rings. The third-order valence-corrected chi connectivity index (χ3v) is 4.90. The third kappa shape index (κ3) is 4.44. The molecule has 0 bridgehead atoms. The van der Waals surface area contributed by atoms with Crippen LogP contribution in [-0.4, -0.2) is 34.3 Å². The molecule has 1 aliphatic rings. The highest BCUT2D eigenvalue weighted by Gasteiger charge is 2.31. The lowest BCUT2D eigenvalue weighted by atomic mass is 10.0. The maximum Gasteiger partial charge on any atom is 0.256 e. The molecule has 0 radical (unpaired) electrons. The standard InChI is InChI=1S/C16H13BrF2INO2/c1-2-7-23-10-3-4-11(12(17)8-10)14-6-5-13(20)16(22)21(14)9-15(18)19/h1,3-4,6,8,13,15H,5,7,9H2. The zero-order valence-electron chi connectivity index (χ0n) is 11.9. The third-order valence-electron chi connectivity index (χ3n) is 3.20. The summed E-state index contributed by atoms with van der Waals surface area (Å²) >= 11 is 5.38. The number of carbonyl (C=O) groups is 1. The van der Waals surface area contributed by atoms with Gasteiger partial charge in [0.25, 0.3) is 6.43 Å². The van der Waals surface area contributed by atoms with Crippen LogP contribution in [-0.2, 0) is 4.79 Å². The summed E-state index contributed by atoms with van der Waals surface area (Å²) in [5, 5.41) is 0. The molecule has 0 aliphatic carbocycles. The molecule has 0 aromatic heterocycles. The summed E-state index contributed by atoms with van der Waals surface area (Å²) in [5.41, 5.74) is 1.15. The highest BCUT2D eigenvalue weighted by Crippen LogP contribution is 2.35. The molecule has 0 N–H and O–H groups in total. The molecule has 1 aromatic carbocycles. The van der Waals surface area contributed by atoms with Crippen LogP contribution >= 0.6 is 38.5 Å². The van der Waals surface area contributed by atoms with E-state index in [1.54, 1.807) is 18.2 Å². The number of benzene rings is 1. The Balaban J connectivity index is 2.34. The van der Waals surface area contributed by atoms with Gasteiger partial charge in [0.1, 0.15) is 12.4 Å². The molecule has 0 saturated heterocycles. The fourth-order valence-corrected chi connectivity index (χ4v) is 3.37. The average Bonchev–Trinajstić information content (AvgIpc) is 2.50. The highest BCUT2D eigenvalue weighted by molar-refractivity contribution is 14.1. The fraction of sp³-hybridized carbons (Fsp3) is 0.312. The van der Waals surface area contributed by atoms with Crippen LogP contribution < -0.4 is 4.74 Å². The van der Waals surface area contributed by atoms with E-state index < -0.39 is 13.0 Å². The van der Waals surface area contributed by atoms with E-state index in [9.17, 15) is 13.6 Å². The van der Waals surface area contributed by atoms with E-state index in [4.69, 9.17) is 11.2 Å². The highest BCUT2D eigenvalue weighted by atomic mass is 127. The summed E-state index contributed by atoms with van der Waals surface area (Å²) in [6, 6.07) is 5.12. The predicted molar refractivity (Wildman–Crippen MR) is 96.6 cm³/mol. The van der Waals surface area contributed by atoms with Crippen molar-refractivity contribution in [2.75, 3.05) is 13.2 Å². The second-order valence-corrected chi connectivity index (χ2v) is 7.12.